The molecule has 8 nitrogen and oxygen atoms in total. The van der Waals surface area contributed by atoms with Gasteiger partial charge in [-0.1, -0.05) is 12.2 Å². The summed E-state index contributed by atoms with van der Waals surface area (Å²) in [5.74, 6) is -4.12. The first-order valence-electron chi connectivity index (χ1n) is 21.0. The lowest BCUT2D eigenvalue weighted by molar-refractivity contribution is -0.985. The first-order valence-corrected chi connectivity index (χ1v) is 21.0. The average Bonchev–Trinajstić information content (AvgIpc) is 3.29. The molecule has 6 saturated heterocycles. The molecule has 14 heteroatoms. The molecule has 3 aromatic carbocycles. The lowest BCUT2D eigenvalue weighted by atomic mass is 9.71. The number of quaternary nitrogens is 2. The molecule has 5 aromatic rings. The van der Waals surface area contributed by atoms with E-state index in [9.17, 15) is 10.2 Å². The van der Waals surface area contributed by atoms with Crippen molar-refractivity contribution in [3.8, 4) is 11.5 Å². The van der Waals surface area contributed by atoms with E-state index < -0.39 is 58.7 Å². The fourth-order valence-electron chi connectivity index (χ4n) is 11.9. The van der Waals surface area contributed by atoms with Crippen molar-refractivity contribution >= 4 is 21.8 Å². The minimum absolute atomic E-state index is 0. The number of benzene rings is 3. The quantitative estimate of drug-likeness (QED) is 0.0868. The highest BCUT2D eigenvalue weighted by atomic mass is 79.9. The second-order valence-corrected chi connectivity index (χ2v) is 17.7. The van der Waals surface area contributed by atoms with Crippen LogP contribution in [0.3, 0.4) is 0 Å². The maximum absolute atomic E-state index is 16.8. The van der Waals surface area contributed by atoms with E-state index in [0.29, 0.717) is 96.3 Å². The number of aliphatic hydroxyl groups is 2. The van der Waals surface area contributed by atoms with Crippen LogP contribution in [0.5, 0.6) is 11.5 Å². The Kier molecular flexibility index (Phi) is 13.3. The Morgan fingerprint density at radius 3 is 1.40 bits per heavy atom. The standard InChI is InChI=1S/C48H52F4N4O4.2BrH/c1-5-27-23-55(17-13-29(27)19-41(55)47(57)33-11-15-53-39-9-7-31(59-3)21-35(33)39)25-37-43(49)45(51)38(46(52)44(37)50)26-56-18-14-30(28(6-2)24-56)20-42(56)48(58)34-12-16-54-40-10-8-32(60-4)22-36(34)40;;/h5-12,15-16,21-22,27-30,41-42,47-48,57-58H,1-2,13-14,17-20,23-26H2,3-4H3;2*1H/q+2;;/p-2/t27?,28?,29?,30?,41-,42-,47+,48+,55?,56?;;/m0../s1. The van der Waals surface area contributed by atoms with Gasteiger partial charge in [-0.2, -0.15) is 0 Å². The van der Waals surface area contributed by atoms with Crippen LogP contribution < -0.4 is 43.4 Å². The van der Waals surface area contributed by atoms with Gasteiger partial charge in [-0.25, -0.2) is 17.6 Å². The summed E-state index contributed by atoms with van der Waals surface area (Å²) >= 11 is 0. The molecule has 2 aromatic heterocycles. The number of hydrogen-bond acceptors (Lipinski definition) is 6. The van der Waals surface area contributed by atoms with E-state index >= 15 is 17.6 Å². The van der Waals surface area contributed by atoms with E-state index in [-0.39, 0.29) is 79.7 Å². The molecule has 6 unspecified atom stereocenters. The molecule has 6 aliphatic heterocycles. The van der Waals surface area contributed by atoms with Crippen LogP contribution in [0, 0.1) is 46.9 Å². The van der Waals surface area contributed by atoms with Crippen molar-refractivity contribution in [2.24, 2.45) is 23.7 Å². The van der Waals surface area contributed by atoms with Crippen LogP contribution in [0.2, 0.25) is 0 Å². The summed E-state index contributed by atoms with van der Waals surface area (Å²) in [6, 6.07) is 13.3. The predicted molar refractivity (Wildman–Crippen MR) is 221 cm³/mol. The minimum atomic E-state index is -1.42. The van der Waals surface area contributed by atoms with Crippen molar-refractivity contribution in [3.05, 3.63) is 132 Å². The van der Waals surface area contributed by atoms with Gasteiger partial charge in [-0.3, -0.25) is 9.97 Å². The van der Waals surface area contributed by atoms with Gasteiger partial charge in [0.05, 0.1) is 62.6 Å². The second kappa shape index (κ2) is 17.9. The van der Waals surface area contributed by atoms with Gasteiger partial charge in [-0.15, -0.1) is 13.2 Å². The first kappa shape index (κ1) is 46.1. The van der Waals surface area contributed by atoms with Gasteiger partial charge in [-0.05, 0) is 71.5 Å². The van der Waals surface area contributed by atoms with E-state index in [1.807, 2.05) is 36.4 Å². The molecule has 11 rings (SSSR count). The summed E-state index contributed by atoms with van der Waals surface area (Å²) < 4.78 is 78.3. The number of ether oxygens (including phenoxy) is 2. The van der Waals surface area contributed by atoms with Crippen LogP contribution in [0.15, 0.2) is 86.2 Å². The fraction of sp³-hybridized carbons (Fsp3) is 0.417. The number of aromatic nitrogens is 2. The number of rotatable bonds is 12. The molecule has 0 saturated carbocycles. The molecule has 4 bridgehead atoms. The van der Waals surface area contributed by atoms with Gasteiger partial charge < -0.3 is 62.6 Å². The van der Waals surface area contributed by atoms with Crippen molar-refractivity contribution in [1.82, 2.24) is 9.97 Å². The molecule has 330 valence electrons. The Morgan fingerprint density at radius 2 is 1.05 bits per heavy atom. The molecular formula is C48H52Br2F4N4O4. The maximum Gasteiger partial charge on any atom is 0.171 e. The van der Waals surface area contributed by atoms with Crippen LogP contribution in [0.25, 0.3) is 21.8 Å². The van der Waals surface area contributed by atoms with Gasteiger partial charge in [0.1, 0.15) is 48.9 Å². The average molecular weight is 985 g/mol. The Labute approximate surface area is 380 Å². The number of piperidine rings is 6. The third-order valence-corrected chi connectivity index (χ3v) is 15.1. The highest BCUT2D eigenvalue weighted by Crippen LogP contribution is 2.51. The molecule has 0 radical (unpaired) electrons. The zero-order chi connectivity index (χ0) is 42.1. The topological polar surface area (TPSA) is 84.7 Å². The molecule has 8 heterocycles. The number of aliphatic hydroxyl groups excluding tert-OH is 2. The van der Waals surface area contributed by atoms with E-state index in [1.54, 1.807) is 50.9 Å². The maximum atomic E-state index is 16.8. The molecule has 0 amide bonds. The van der Waals surface area contributed by atoms with E-state index in [0.717, 1.165) is 0 Å². The zero-order valence-electron chi connectivity index (χ0n) is 34.8. The van der Waals surface area contributed by atoms with Crippen molar-refractivity contribution < 1.29 is 80.2 Å². The molecule has 2 N–H and O–H groups in total. The fourth-order valence-corrected chi connectivity index (χ4v) is 11.9. The number of nitrogens with zero attached hydrogens (tertiary/aromatic N) is 4. The van der Waals surface area contributed by atoms with Crippen LogP contribution in [0.4, 0.5) is 17.6 Å². The smallest absolute Gasteiger partial charge is 0.171 e. The van der Waals surface area contributed by atoms with Crippen LogP contribution in [-0.4, -0.2) is 81.6 Å². The van der Waals surface area contributed by atoms with Gasteiger partial charge in [0, 0.05) is 60.7 Å². The number of fused-ring (bicyclic) bond motifs is 8. The first-order chi connectivity index (χ1) is 28.9. The predicted octanol–water partition coefficient (Wildman–Crippen LogP) is 2.65. The summed E-state index contributed by atoms with van der Waals surface area (Å²) in [5.41, 5.74) is 1.19. The number of pyridine rings is 2. The number of methoxy groups -OCH3 is 2. The largest absolute Gasteiger partial charge is 1.00 e. The monoisotopic (exact) mass is 982 g/mol. The molecule has 0 spiro atoms. The normalized spacial score (nSPS) is 28.5. The Balaban J connectivity index is 0.00000289. The summed E-state index contributed by atoms with van der Waals surface area (Å²) in [4.78, 5) is 8.94. The molecule has 62 heavy (non-hydrogen) atoms. The summed E-state index contributed by atoms with van der Waals surface area (Å²) in [7, 11) is 3.11. The van der Waals surface area contributed by atoms with Gasteiger partial charge >= 0.3 is 0 Å². The summed E-state index contributed by atoms with van der Waals surface area (Å²) in [6.07, 6.45) is 7.30. The Hall–Kier alpha value is -3.92. The molecule has 0 aliphatic carbocycles. The minimum Gasteiger partial charge on any atom is -1.00 e. The van der Waals surface area contributed by atoms with Crippen LogP contribution >= 0.6 is 0 Å². The molecule has 6 fully saturated rings. The lowest BCUT2D eigenvalue weighted by Gasteiger charge is -2.58. The zero-order valence-corrected chi connectivity index (χ0v) is 38.0. The molecule has 10 atom stereocenters. The van der Waals surface area contributed by atoms with Crippen LogP contribution in [-0.2, 0) is 13.1 Å². The highest BCUT2D eigenvalue weighted by Gasteiger charge is 2.57. The van der Waals surface area contributed by atoms with E-state index in [4.69, 9.17) is 9.47 Å². The second-order valence-electron chi connectivity index (χ2n) is 17.7. The van der Waals surface area contributed by atoms with E-state index in [1.165, 1.54) is 0 Å². The number of hydrogen-bond donors (Lipinski definition) is 2. The van der Waals surface area contributed by atoms with Gasteiger partial charge in [0.25, 0.3) is 0 Å². The van der Waals surface area contributed by atoms with Crippen molar-refractivity contribution in [3.63, 3.8) is 0 Å². The van der Waals surface area contributed by atoms with Crippen molar-refractivity contribution in [1.29, 1.82) is 0 Å². The lowest BCUT2D eigenvalue weighted by Crippen LogP contribution is -3.00. The molecular weight excluding hydrogens is 932 g/mol. The third-order valence-electron chi connectivity index (χ3n) is 15.1. The highest BCUT2D eigenvalue weighted by molar-refractivity contribution is 5.84. The number of halogens is 6. The Morgan fingerprint density at radius 1 is 0.661 bits per heavy atom. The van der Waals surface area contributed by atoms with Gasteiger partial charge in [0.15, 0.2) is 23.3 Å². The van der Waals surface area contributed by atoms with Gasteiger partial charge in [0.2, 0.25) is 0 Å². The van der Waals surface area contributed by atoms with Crippen LogP contribution in [0.1, 0.15) is 60.1 Å². The van der Waals surface area contributed by atoms with Crippen molar-refractivity contribution in [2.75, 3.05) is 40.4 Å². The summed E-state index contributed by atoms with van der Waals surface area (Å²) in [6.45, 7) is 9.15. The van der Waals surface area contributed by atoms with Crippen molar-refractivity contribution in [2.45, 2.75) is 63.1 Å². The Bertz CT molecular complexity index is 2320. The van der Waals surface area contributed by atoms with E-state index in [2.05, 4.69) is 23.1 Å². The third kappa shape index (κ3) is 7.55. The summed E-state index contributed by atoms with van der Waals surface area (Å²) in [5, 5.41) is 25.9. The molecule has 6 aliphatic rings. The SMILES string of the molecule is C=CC1C[N+]2(Cc3c(F)c(F)c(C[N+]45CCC(C[C@H]4[C@H](O)c4ccnc6ccc(OC)cc46)C(C=C)C5)c(F)c3F)CCC1C[C@H]2[C@H](O)c1ccnc2ccc(OC)cc12.[Br-].[Br-].